The average Bonchev–Trinajstić information content (AvgIpc) is 2.20. The van der Waals surface area contributed by atoms with E-state index in [9.17, 15) is 9.18 Å². The molecule has 0 saturated heterocycles. The van der Waals surface area contributed by atoms with Gasteiger partial charge in [0.1, 0.15) is 5.82 Å². The second kappa shape index (κ2) is 4.56. The van der Waals surface area contributed by atoms with E-state index in [0.29, 0.717) is 11.1 Å². The predicted octanol–water partition coefficient (Wildman–Crippen LogP) is 3.61. The molecule has 0 aliphatic heterocycles. The van der Waals surface area contributed by atoms with E-state index in [1.165, 1.54) is 6.07 Å². The van der Waals surface area contributed by atoms with Crippen molar-refractivity contribution in [1.82, 2.24) is 0 Å². The molecule has 0 aromatic heterocycles. The summed E-state index contributed by atoms with van der Waals surface area (Å²) in [5, 5.41) is 0. The van der Waals surface area contributed by atoms with Crippen molar-refractivity contribution in [2.45, 2.75) is 27.7 Å². The van der Waals surface area contributed by atoms with E-state index in [0.717, 1.165) is 0 Å². The molecule has 0 N–H and O–H groups in total. The Labute approximate surface area is 90.3 Å². The fourth-order valence-corrected chi connectivity index (χ4v) is 1.42. The van der Waals surface area contributed by atoms with E-state index in [1.807, 2.05) is 20.8 Å². The maximum atomic E-state index is 13.3. The summed E-state index contributed by atoms with van der Waals surface area (Å²) >= 11 is 0. The Hall–Kier alpha value is -1.18. The van der Waals surface area contributed by atoms with Crippen LogP contribution in [0.15, 0.2) is 18.2 Å². The van der Waals surface area contributed by atoms with Crippen LogP contribution in [-0.4, -0.2) is 5.78 Å². The van der Waals surface area contributed by atoms with Crippen molar-refractivity contribution in [3.63, 3.8) is 0 Å². The molecule has 0 bridgehead atoms. The summed E-state index contributed by atoms with van der Waals surface area (Å²) in [6.07, 6.45) is 0. The number of halogens is 1. The highest BCUT2D eigenvalue weighted by Crippen LogP contribution is 2.20. The first kappa shape index (κ1) is 11.9. The quantitative estimate of drug-likeness (QED) is 0.693. The summed E-state index contributed by atoms with van der Waals surface area (Å²) in [5.41, 5.74) is 0.964. The predicted molar refractivity (Wildman–Crippen MR) is 59.5 cm³/mol. The van der Waals surface area contributed by atoms with Crippen LogP contribution in [0.1, 0.15) is 36.7 Å². The van der Waals surface area contributed by atoms with Gasteiger partial charge in [-0.1, -0.05) is 32.9 Å². The van der Waals surface area contributed by atoms with E-state index in [4.69, 9.17) is 0 Å². The fourth-order valence-electron chi connectivity index (χ4n) is 1.42. The molecule has 1 nitrogen and oxygen atoms in total. The second-order valence-corrected chi connectivity index (χ2v) is 4.31. The minimum absolute atomic E-state index is 0.0296. The molecule has 1 aromatic rings. The highest BCUT2D eigenvalue weighted by atomic mass is 19.1. The summed E-state index contributed by atoms with van der Waals surface area (Å²) < 4.78 is 13.3. The third-order valence-corrected chi connectivity index (χ3v) is 2.95. The lowest BCUT2D eigenvalue weighted by Crippen LogP contribution is -2.18. The topological polar surface area (TPSA) is 17.1 Å². The minimum Gasteiger partial charge on any atom is -0.294 e. The smallest absolute Gasteiger partial charge is 0.166 e. The molecule has 15 heavy (non-hydrogen) atoms. The number of Topliss-reactive ketones (excluding diaryl/α,β-unsaturated/α-hetero) is 1. The Bertz CT molecular complexity index is 369. The van der Waals surface area contributed by atoms with Crippen LogP contribution in [0.25, 0.3) is 0 Å². The minimum atomic E-state index is -0.309. The Kier molecular flexibility index (Phi) is 3.61. The third kappa shape index (κ3) is 2.44. The summed E-state index contributed by atoms with van der Waals surface area (Å²) in [6.45, 7) is 7.53. The molecule has 0 spiro atoms. The van der Waals surface area contributed by atoms with Crippen LogP contribution < -0.4 is 0 Å². The Morgan fingerprint density at radius 3 is 2.40 bits per heavy atom. The third-order valence-electron chi connectivity index (χ3n) is 2.95. The van der Waals surface area contributed by atoms with Gasteiger partial charge in [-0.2, -0.15) is 0 Å². The molecule has 0 aliphatic rings. The van der Waals surface area contributed by atoms with Crippen molar-refractivity contribution >= 4 is 5.78 Å². The lowest BCUT2D eigenvalue weighted by Gasteiger charge is -2.15. The van der Waals surface area contributed by atoms with Gasteiger partial charge in [0.15, 0.2) is 5.78 Å². The molecule has 1 atom stereocenters. The molecule has 82 valence electrons. The van der Waals surface area contributed by atoms with Crippen molar-refractivity contribution < 1.29 is 9.18 Å². The molecule has 0 saturated carbocycles. The summed E-state index contributed by atoms with van der Waals surface area (Å²) in [7, 11) is 0. The molecule has 0 heterocycles. The van der Waals surface area contributed by atoms with Crippen molar-refractivity contribution in [3.8, 4) is 0 Å². The highest BCUT2D eigenvalue weighted by Gasteiger charge is 2.20. The zero-order chi connectivity index (χ0) is 11.6. The maximum absolute atomic E-state index is 13.3. The van der Waals surface area contributed by atoms with Gasteiger partial charge in [-0.05, 0) is 24.5 Å². The van der Waals surface area contributed by atoms with Gasteiger partial charge in [-0.3, -0.25) is 4.79 Å². The maximum Gasteiger partial charge on any atom is 0.166 e. The summed E-state index contributed by atoms with van der Waals surface area (Å²) in [5.74, 6) is -0.0653. The van der Waals surface area contributed by atoms with Gasteiger partial charge >= 0.3 is 0 Å². The SMILES string of the molecule is Cc1c(F)cccc1C(=O)C(C)C(C)C. The molecule has 1 rings (SSSR count). The molecule has 1 aromatic carbocycles. The standard InChI is InChI=1S/C13H17FO/c1-8(2)9(3)13(15)11-6-5-7-12(14)10(11)4/h5-9H,1-4H3. The molecule has 0 aliphatic carbocycles. The largest absolute Gasteiger partial charge is 0.294 e. The van der Waals surface area contributed by atoms with Crippen LogP contribution in [-0.2, 0) is 0 Å². The molecule has 2 heteroatoms. The van der Waals surface area contributed by atoms with E-state index in [1.54, 1.807) is 19.1 Å². The number of benzene rings is 1. The molecular weight excluding hydrogens is 191 g/mol. The molecule has 0 radical (unpaired) electrons. The van der Waals surface area contributed by atoms with Gasteiger partial charge in [0.2, 0.25) is 0 Å². The second-order valence-electron chi connectivity index (χ2n) is 4.31. The van der Waals surface area contributed by atoms with E-state index in [2.05, 4.69) is 0 Å². The number of ketones is 1. The Balaban J connectivity index is 3.07. The zero-order valence-electron chi connectivity index (χ0n) is 9.67. The molecule has 1 unspecified atom stereocenters. The highest BCUT2D eigenvalue weighted by molar-refractivity contribution is 5.99. The van der Waals surface area contributed by atoms with Gasteiger partial charge in [-0.25, -0.2) is 4.39 Å². The normalized spacial score (nSPS) is 12.9. The van der Waals surface area contributed by atoms with Gasteiger partial charge < -0.3 is 0 Å². The van der Waals surface area contributed by atoms with Crippen LogP contribution in [0.3, 0.4) is 0 Å². The average molecular weight is 208 g/mol. The molecule has 0 amide bonds. The number of hydrogen-bond acceptors (Lipinski definition) is 1. The van der Waals surface area contributed by atoms with E-state index < -0.39 is 0 Å². The molecular formula is C13H17FO. The van der Waals surface area contributed by atoms with E-state index >= 15 is 0 Å². The lowest BCUT2D eigenvalue weighted by molar-refractivity contribution is 0.0898. The van der Waals surface area contributed by atoms with Crippen LogP contribution >= 0.6 is 0 Å². The van der Waals surface area contributed by atoms with Crippen LogP contribution in [0.5, 0.6) is 0 Å². The summed E-state index contributed by atoms with van der Waals surface area (Å²) in [4.78, 5) is 12.0. The van der Waals surface area contributed by atoms with Crippen molar-refractivity contribution in [1.29, 1.82) is 0 Å². The van der Waals surface area contributed by atoms with Gasteiger partial charge in [0, 0.05) is 11.5 Å². The Morgan fingerprint density at radius 2 is 1.87 bits per heavy atom. The van der Waals surface area contributed by atoms with Gasteiger partial charge in [0.05, 0.1) is 0 Å². The van der Waals surface area contributed by atoms with Gasteiger partial charge in [0.25, 0.3) is 0 Å². The Morgan fingerprint density at radius 1 is 1.27 bits per heavy atom. The van der Waals surface area contributed by atoms with Gasteiger partial charge in [-0.15, -0.1) is 0 Å². The van der Waals surface area contributed by atoms with E-state index in [-0.39, 0.29) is 23.4 Å². The monoisotopic (exact) mass is 208 g/mol. The van der Waals surface area contributed by atoms with Crippen molar-refractivity contribution in [2.24, 2.45) is 11.8 Å². The van der Waals surface area contributed by atoms with Crippen LogP contribution in [0.2, 0.25) is 0 Å². The van der Waals surface area contributed by atoms with Crippen LogP contribution in [0, 0.1) is 24.6 Å². The summed E-state index contributed by atoms with van der Waals surface area (Å²) in [6, 6.07) is 4.66. The molecule has 0 fully saturated rings. The number of hydrogen-bond donors (Lipinski definition) is 0. The first-order valence-corrected chi connectivity index (χ1v) is 5.24. The first-order valence-electron chi connectivity index (χ1n) is 5.24. The fraction of sp³-hybridized carbons (Fsp3) is 0.462. The van der Waals surface area contributed by atoms with Crippen LogP contribution in [0.4, 0.5) is 4.39 Å². The number of carbonyl (C=O) groups is 1. The van der Waals surface area contributed by atoms with Crippen molar-refractivity contribution in [3.05, 3.63) is 35.1 Å². The van der Waals surface area contributed by atoms with Crippen molar-refractivity contribution in [2.75, 3.05) is 0 Å². The number of carbonyl (C=O) groups excluding carboxylic acids is 1. The zero-order valence-corrected chi connectivity index (χ0v) is 9.67. The number of rotatable bonds is 3. The first-order chi connectivity index (χ1) is 6.95. The lowest BCUT2D eigenvalue weighted by atomic mass is 9.88.